The van der Waals surface area contributed by atoms with E-state index in [1.54, 1.807) is 14.2 Å². The predicted octanol–water partition coefficient (Wildman–Crippen LogP) is 8.05. The first-order valence-corrected chi connectivity index (χ1v) is 9.23. The molecule has 0 bridgehead atoms. The molecule has 0 atom stereocenters. The summed E-state index contributed by atoms with van der Waals surface area (Å²) in [5.74, 6) is 0. The molecule has 2 aromatic carbocycles. The molecule has 0 spiro atoms. The van der Waals surface area contributed by atoms with Crippen LogP contribution in [0.25, 0.3) is 0 Å². The van der Waals surface area contributed by atoms with E-state index in [2.05, 4.69) is 51.5 Å². The van der Waals surface area contributed by atoms with E-state index in [1.807, 2.05) is 82.3 Å². The van der Waals surface area contributed by atoms with E-state index in [1.165, 1.54) is 5.56 Å². The van der Waals surface area contributed by atoms with Crippen LogP contribution in [0.3, 0.4) is 0 Å². The first-order valence-electron chi connectivity index (χ1n) is 9.23. The number of hydrogen-bond acceptors (Lipinski definition) is 1. The van der Waals surface area contributed by atoms with Crippen LogP contribution in [0.15, 0.2) is 66.7 Å². The van der Waals surface area contributed by atoms with E-state index in [0.29, 0.717) is 5.41 Å². The van der Waals surface area contributed by atoms with Crippen LogP contribution in [0.5, 0.6) is 0 Å². The van der Waals surface area contributed by atoms with Gasteiger partial charge in [0.05, 0.1) is 0 Å². The van der Waals surface area contributed by atoms with Crippen molar-refractivity contribution in [2.75, 3.05) is 14.2 Å². The Labute approximate surface area is 159 Å². The topological polar surface area (TPSA) is 9.23 Å². The minimum absolute atomic E-state index is 0.500. The Kier molecular flexibility index (Phi) is 34.0. The molecule has 1 nitrogen and oxygen atoms in total. The molecule has 0 aliphatic rings. The van der Waals surface area contributed by atoms with Crippen molar-refractivity contribution in [1.29, 1.82) is 0 Å². The second-order valence-corrected chi connectivity index (χ2v) is 6.22. The fourth-order valence-electron chi connectivity index (χ4n) is 0.919. The highest BCUT2D eigenvalue weighted by atomic mass is 16.4. The van der Waals surface area contributed by atoms with Gasteiger partial charge in [-0.1, -0.05) is 128 Å². The normalized spacial score (nSPS) is 7.96. The van der Waals surface area contributed by atoms with Gasteiger partial charge < -0.3 is 4.74 Å². The summed E-state index contributed by atoms with van der Waals surface area (Å²) >= 11 is 0. The fourth-order valence-corrected chi connectivity index (χ4v) is 0.919. The molecule has 0 N–H and O–H groups in total. The van der Waals surface area contributed by atoms with Crippen molar-refractivity contribution in [2.45, 2.75) is 62.3 Å². The van der Waals surface area contributed by atoms with E-state index >= 15 is 0 Å². The quantitative estimate of drug-likeness (QED) is 0.468. The Hall–Kier alpha value is -1.60. The first kappa shape index (κ1) is 31.2. The molecule has 2 rings (SSSR count). The Morgan fingerprint density at radius 1 is 0.560 bits per heavy atom. The number of ether oxygens (including phenoxy) is 1. The van der Waals surface area contributed by atoms with Crippen molar-refractivity contribution in [3.8, 4) is 0 Å². The number of benzene rings is 2. The third-order valence-electron chi connectivity index (χ3n) is 1.61. The standard InChI is InChI=1S/C7H8.C6H6.C5H12.C2H6O.2C2H6/c1-7-5-3-2-4-6-7;1-2-4-6-5-3-1;1-5(2,3)4;1-3-2;2*1-2/h2-6H,1H3;1-6H;1-4H3;1-2H3;2*1-2H3. The van der Waals surface area contributed by atoms with Crippen molar-refractivity contribution in [1.82, 2.24) is 0 Å². The molecule has 25 heavy (non-hydrogen) atoms. The molecule has 0 unspecified atom stereocenters. The van der Waals surface area contributed by atoms with Crippen LogP contribution in [-0.2, 0) is 4.74 Å². The van der Waals surface area contributed by atoms with Crippen molar-refractivity contribution in [3.63, 3.8) is 0 Å². The summed E-state index contributed by atoms with van der Waals surface area (Å²) in [7, 11) is 3.25. The maximum absolute atomic E-state index is 4.25. The molecular formula is C24H44O. The van der Waals surface area contributed by atoms with Crippen LogP contribution < -0.4 is 0 Å². The largest absolute Gasteiger partial charge is 0.388 e. The summed E-state index contributed by atoms with van der Waals surface area (Å²) in [6, 6.07) is 22.3. The van der Waals surface area contributed by atoms with E-state index in [0.717, 1.165) is 0 Å². The lowest BCUT2D eigenvalue weighted by Crippen LogP contribution is -1.93. The maximum atomic E-state index is 4.25. The van der Waals surface area contributed by atoms with Gasteiger partial charge >= 0.3 is 0 Å². The molecule has 0 saturated carbocycles. The maximum Gasteiger partial charge on any atom is 0.0351 e. The van der Waals surface area contributed by atoms with Gasteiger partial charge in [0, 0.05) is 14.2 Å². The predicted molar refractivity (Wildman–Crippen MR) is 118 cm³/mol. The van der Waals surface area contributed by atoms with E-state index < -0.39 is 0 Å². The Morgan fingerprint density at radius 3 is 0.840 bits per heavy atom. The lowest BCUT2D eigenvalue weighted by Gasteiger charge is -2.05. The van der Waals surface area contributed by atoms with Gasteiger partial charge in [0.15, 0.2) is 0 Å². The second kappa shape index (κ2) is 27.3. The van der Waals surface area contributed by atoms with Crippen LogP contribution in [0, 0.1) is 12.3 Å². The highest BCUT2D eigenvalue weighted by Crippen LogP contribution is 2.08. The SMILES string of the molecule is CC.CC.CC(C)(C)C.COC.Cc1ccccc1.c1ccccc1. The van der Waals surface area contributed by atoms with Crippen LogP contribution >= 0.6 is 0 Å². The van der Waals surface area contributed by atoms with Gasteiger partial charge in [-0.2, -0.15) is 0 Å². The molecule has 146 valence electrons. The third-order valence-corrected chi connectivity index (χ3v) is 1.61. The summed E-state index contributed by atoms with van der Waals surface area (Å²) in [5.41, 5.74) is 1.82. The number of methoxy groups -OCH3 is 1. The lowest BCUT2D eigenvalue weighted by atomic mass is 10.0. The van der Waals surface area contributed by atoms with E-state index in [-0.39, 0.29) is 0 Å². The first-order chi connectivity index (χ1) is 11.8. The molecule has 0 fully saturated rings. The van der Waals surface area contributed by atoms with Gasteiger partial charge in [0.2, 0.25) is 0 Å². The van der Waals surface area contributed by atoms with Crippen molar-refractivity contribution in [2.24, 2.45) is 5.41 Å². The van der Waals surface area contributed by atoms with Crippen molar-refractivity contribution in [3.05, 3.63) is 72.3 Å². The molecule has 0 aliphatic carbocycles. The molecular weight excluding hydrogens is 304 g/mol. The van der Waals surface area contributed by atoms with Gasteiger partial charge in [-0.15, -0.1) is 0 Å². The summed E-state index contributed by atoms with van der Waals surface area (Å²) in [5, 5.41) is 0. The fraction of sp³-hybridized carbons (Fsp3) is 0.500. The molecule has 0 heterocycles. The summed E-state index contributed by atoms with van der Waals surface area (Å²) in [4.78, 5) is 0. The van der Waals surface area contributed by atoms with Crippen LogP contribution in [0.1, 0.15) is 61.0 Å². The molecule has 1 heteroatoms. The van der Waals surface area contributed by atoms with E-state index in [9.17, 15) is 0 Å². The Bertz CT molecular complexity index is 355. The van der Waals surface area contributed by atoms with Crippen LogP contribution in [-0.4, -0.2) is 14.2 Å². The minimum Gasteiger partial charge on any atom is -0.388 e. The van der Waals surface area contributed by atoms with Gasteiger partial charge in [0.1, 0.15) is 0 Å². The second-order valence-electron chi connectivity index (χ2n) is 6.22. The van der Waals surface area contributed by atoms with Crippen molar-refractivity contribution >= 4 is 0 Å². The van der Waals surface area contributed by atoms with Gasteiger partial charge in [-0.3, -0.25) is 0 Å². The molecule has 0 amide bonds. The zero-order valence-electron chi connectivity index (χ0n) is 18.8. The van der Waals surface area contributed by atoms with E-state index in [4.69, 9.17) is 0 Å². The summed E-state index contributed by atoms with van der Waals surface area (Å²) in [6.07, 6.45) is 0. The number of aryl methyl sites for hydroxylation is 1. The molecule has 0 radical (unpaired) electrons. The zero-order valence-corrected chi connectivity index (χ0v) is 18.8. The van der Waals surface area contributed by atoms with Crippen LogP contribution in [0.4, 0.5) is 0 Å². The molecule has 0 aromatic heterocycles. The van der Waals surface area contributed by atoms with Gasteiger partial charge in [0.25, 0.3) is 0 Å². The monoisotopic (exact) mass is 348 g/mol. The number of hydrogen-bond donors (Lipinski definition) is 0. The Morgan fingerprint density at radius 2 is 0.720 bits per heavy atom. The average Bonchev–Trinajstić information content (AvgIpc) is 2.61. The highest BCUT2D eigenvalue weighted by molar-refractivity contribution is 5.11. The summed E-state index contributed by atoms with van der Waals surface area (Å²) < 4.78 is 4.25. The van der Waals surface area contributed by atoms with Crippen LogP contribution in [0.2, 0.25) is 0 Å². The third kappa shape index (κ3) is 60.6. The average molecular weight is 349 g/mol. The van der Waals surface area contributed by atoms with Gasteiger partial charge in [-0.05, 0) is 12.3 Å². The summed E-state index contributed by atoms with van der Waals surface area (Å²) in [6.45, 7) is 18.8. The van der Waals surface area contributed by atoms with Gasteiger partial charge in [-0.25, -0.2) is 0 Å². The number of rotatable bonds is 0. The minimum atomic E-state index is 0.500. The molecule has 0 aliphatic heterocycles. The highest BCUT2D eigenvalue weighted by Gasteiger charge is 1.95. The smallest absolute Gasteiger partial charge is 0.0351 e. The molecule has 0 saturated heterocycles. The van der Waals surface area contributed by atoms with Crippen molar-refractivity contribution < 1.29 is 4.74 Å². The molecule has 2 aromatic rings. The Balaban J connectivity index is -0.000000114. The zero-order chi connectivity index (χ0) is 20.6. The lowest BCUT2D eigenvalue weighted by molar-refractivity contribution is 0.277.